The number of ether oxygens (including phenoxy) is 2. The van der Waals surface area contributed by atoms with E-state index in [-0.39, 0.29) is 6.79 Å². The van der Waals surface area contributed by atoms with Crippen molar-refractivity contribution >= 4 is 0 Å². The van der Waals surface area contributed by atoms with Crippen molar-refractivity contribution in [2.75, 3.05) is 20.4 Å². The van der Waals surface area contributed by atoms with Gasteiger partial charge in [-0.2, -0.15) is 0 Å². The first-order valence-electron chi connectivity index (χ1n) is 12.4. The van der Waals surface area contributed by atoms with Gasteiger partial charge in [-0.15, -0.1) is 0 Å². The summed E-state index contributed by atoms with van der Waals surface area (Å²) in [6.45, 7) is 1.11. The van der Waals surface area contributed by atoms with Gasteiger partial charge in [0, 0.05) is 13.7 Å². The zero-order valence-corrected chi connectivity index (χ0v) is 20.3. The van der Waals surface area contributed by atoms with Gasteiger partial charge in [0.25, 0.3) is 0 Å². The lowest BCUT2D eigenvalue weighted by molar-refractivity contribution is -0.245. The van der Waals surface area contributed by atoms with Gasteiger partial charge in [-0.3, -0.25) is 4.90 Å². The molecule has 1 saturated heterocycles. The molecular formula is C32H33NO2. The van der Waals surface area contributed by atoms with Crippen LogP contribution < -0.4 is 0 Å². The van der Waals surface area contributed by atoms with E-state index < -0.39 is 11.3 Å². The number of nitrogens with zero attached hydrogens (tertiary/aromatic N) is 1. The molecule has 0 aromatic heterocycles. The summed E-state index contributed by atoms with van der Waals surface area (Å²) in [6, 6.07) is 43.3. The van der Waals surface area contributed by atoms with E-state index in [1.807, 2.05) is 0 Å². The fourth-order valence-electron chi connectivity index (χ4n) is 5.78. The molecule has 1 heterocycles. The molecular weight excluding hydrogens is 430 g/mol. The Morgan fingerprint density at radius 3 is 1.57 bits per heavy atom. The van der Waals surface area contributed by atoms with Crippen molar-refractivity contribution in [1.82, 2.24) is 4.90 Å². The van der Waals surface area contributed by atoms with E-state index in [2.05, 4.69) is 126 Å². The van der Waals surface area contributed by atoms with Crippen LogP contribution in [0, 0.1) is 0 Å². The second-order valence-corrected chi connectivity index (χ2v) is 9.12. The molecule has 1 fully saturated rings. The molecule has 3 nitrogen and oxygen atoms in total. The molecule has 0 aliphatic carbocycles. The quantitative estimate of drug-likeness (QED) is 0.209. The maximum absolute atomic E-state index is 6.79. The Bertz CT molecular complexity index is 1080. The predicted molar refractivity (Wildman–Crippen MR) is 141 cm³/mol. The molecule has 3 heteroatoms. The Kier molecular flexibility index (Phi) is 7.10. The molecule has 1 atom stereocenters. The first kappa shape index (κ1) is 23.5. The molecule has 1 aliphatic rings. The summed E-state index contributed by atoms with van der Waals surface area (Å²) in [5, 5.41) is 0. The van der Waals surface area contributed by atoms with Crippen molar-refractivity contribution in [3.8, 4) is 0 Å². The fourth-order valence-corrected chi connectivity index (χ4v) is 5.78. The minimum Gasteiger partial charge on any atom is -0.359 e. The average molecular weight is 464 g/mol. The van der Waals surface area contributed by atoms with Gasteiger partial charge >= 0.3 is 0 Å². The summed E-state index contributed by atoms with van der Waals surface area (Å²) in [4.78, 5) is 2.60. The van der Waals surface area contributed by atoms with E-state index in [0.717, 1.165) is 31.4 Å². The smallest absolute Gasteiger partial charge is 0.151 e. The average Bonchev–Trinajstić information content (AvgIpc) is 2.95. The van der Waals surface area contributed by atoms with Crippen LogP contribution in [0.4, 0.5) is 0 Å². The van der Waals surface area contributed by atoms with E-state index in [0.29, 0.717) is 0 Å². The summed E-state index contributed by atoms with van der Waals surface area (Å²) in [5.74, 6) is 0. The highest BCUT2D eigenvalue weighted by atomic mass is 16.7. The molecule has 0 saturated carbocycles. The van der Waals surface area contributed by atoms with Crippen LogP contribution in [0.5, 0.6) is 0 Å². The van der Waals surface area contributed by atoms with Gasteiger partial charge in [-0.25, -0.2) is 0 Å². The normalized spacial score (nSPS) is 18.9. The van der Waals surface area contributed by atoms with Crippen LogP contribution in [-0.2, 0) is 20.7 Å². The van der Waals surface area contributed by atoms with Gasteiger partial charge in [0.2, 0.25) is 0 Å². The van der Waals surface area contributed by atoms with Crippen LogP contribution in [0.3, 0.4) is 0 Å². The van der Waals surface area contributed by atoms with E-state index >= 15 is 0 Å². The highest BCUT2D eigenvalue weighted by Crippen LogP contribution is 2.52. The maximum Gasteiger partial charge on any atom is 0.151 e. The summed E-state index contributed by atoms with van der Waals surface area (Å²) >= 11 is 0. The Morgan fingerprint density at radius 1 is 0.657 bits per heavy atom. The minimum atomic E-state index is -0.656. The Morgan fingerprint density at radius 2 is 1.11 bits per heavy atom. The van der Waals surface area contributed by atoms with E-state index in [1.165, 1.54) is 16.7 Å². The standard InChI is InChI=1S/C32H33NO2/c1-34-26-35-31(27-16-6-2-7-17-27)24-14-15-25-33(31)32(28-18-8-3-9-19-28,29-20-10-4-11-21-29)30-22-12-5-13-23-30/h2-13,16-23H,14-15,24-26H2,1H3. The third-order valence-corrected chi connectivity index (χ3v) is 7.20. The first-order valence-corrected chi connectivity index (χ1v) is 12.4. The van der Waals surface area contributed by atoms with Crippen LogP contribution in [0.25, 0.3) is 0 Å². The summed E-state index contributed by atoms with van der Waals surface area (Å²) < 4.78 is 12.3. The monoisotopic (exact) mass is 463 g/mol. The zero-order valence-electron chi connectivity index (χ0n) is 20.3. The Labute approximate surface area is 209 Å². The van der Waals surface area contributed by atoms with E-state index in [1.54, 1.807) is 7.11 Å². The molecule has 4 aromatic rings. The number of hydrogen-bond donors (Lipinski definition) is 0. The molecule has 0 spiro atoms. The molecule has 1 aliphatic heterocycles. The number of hydrogen-bond acceptors (Lipinski definition) is 3. The molecule has 0 radical (unpaired) electrons. The van der Waals surface area contributed by atoms with Crippen molar-refractivity contribution in [3.63, 3.8) is 0 Å². The van der Waals surface area contributed by atoms with E-state index in [9.17, 15) is 0 Å². The van der Waals surface area contributed by atoms with Gasteiger partial charge in [-0.05, 0) is 41.5 Å². The maximum atomic E-state index is 6.79. The fraction of sp³-hybridized carbons (Fsp3) is 0.250. The third-order valence-electron chi connectivity index (χ3n) is 7.20. The van der Waals surface area contributed by atoms with Crippen LogP contribution in [0.1, 0.15) is 41.5 Å². The van der Waals surface area contributed by atoms with Crippen molar-refractivity contribution in [2.45, 2.75) is 30.5 Å². The molecule has 178 valence electrons. The van der Waals surface area contributed by atoms with E-state index in [4.69, 9.17) is 9.47 Å². The third kappa shape index (κ3) is 4.21. The van der Waals surface area contributed by atoms with Crippen molar-refractivity contribution in [2.24, 2.45) is 0 Å². The lowest BCUT2D eigenvalue weighted by Crippen LogP contribution is -2.61. The van der Waals surface area contributed by atoms with Crippen molar-refractivity contribution in [3.05, 3.63) is 144 Å². The van der Waals surface area contributed by atoms with Gasteiger partial charge in [-0.1, -0.05) is 121 Å². The Hall–Kier alpha value is -3.24. The SMILES string of the molecule is COCOC1(c2ccccc2)CCCCN1C(c1ccccc1)(c1ccccc1)c1ccccc1. The topological polar surface area (TPSA) is 21.7 Å². The molecule has 35 heavy (non-hydrogen) atoms. The van der Waals surface area contributed by atoms with Gasteiger partial charge < -0.3 is 9.47 Å². The van der Waals surface area contributed by atoms with Crippen LogP contribution in [0.2, 0.25) is 0 Å². The molecule has 4 aromatic carbocycles. The zero-order chi connectivity index (χ0) is 24.0. The summed E-state index contributed by atoms with van der Waals surface area (Å²) in [5.41, 5.74) is 3.61. The van der Waals surface area contributed by atoms with Crippen molar-refractivity contribution < 1.29 is 9.47 Å². The van der Waals surface area contributed by atoms with Gasteiger partial charge in [0.05, 0.1) is 5.54 Å². The van der Waals surface area contributed by atoms with Crippen LogP contribution in [-0.4, -0.2) is 25.3 Å². The van der Waals surface area contributed by atoms with Crippen LogP contribution >= 0.6 is 0 Å². The number of methoxy groups -OCH3 is 1. The summed E-state index contributed by atoms with van der Waals surface area (Å²) in [6.07, 6.45) is 3.07. The molecule has 0 bridgehead atoms. The first-order chi connectivity index (χ1) is 17.3. The largest absolute Gasteiger partial charge is 0.359 e. The molecule has 0 N–H and O–H groups in total. The number of rotatable bonds is 8. The number of piperidine rings is 1. The highest BCUT2D eigenvalue weighted by molar-refractivity contribution is 5.50. The van der Waals surface area contributed by atoms with Crippen molar-refractivity contribution in [1.29, 1.82) is 0 Å². The lowest BCUT2D eigenvalue weighted by Gasteiger charge is -2.57. The lowest BCUT2D eigenvalue weighted by atomic mass is 9.72. The molecule has 1 unspecified atom stereocenters. The van der Waals surface area contributed by atoms with Crippen LogP contribution in [0.15, 0.2) is 121 Å². The van der Waals surface area contributed by atoms with Gasteiger partial charge in [0.15, 0.2) is 5.72 Å². The second kappa shape index (κ2) is 10.6. The second-order valence-electron chi connectivity index (χ2n) is 9.12. The number of benzene rings is 4. The molecule has 0 amide bonds. The Balaban J connectivity index is 1.86. The number of likely N-dealkylation sites (tertiary alicyclic amines) is 1. The minimum absolute atomic E-state index is 0.222. The summed E-state index contributed by atoms with van der Waals surface area (Å²) in [7, 11) is 1.70. The molecule has 5 rings (SSSR count). The highest BCUT2D eigenvalue weighted by Gasteiger charge is 2.54. The predicted octanol–water partition coefficient (Wildman–Crippen LogP) is 6.94. The van der Waals surface area contributed by atoms with Gasteiger partial charge in [0.1, 0.15) is 6.79 Å².